The monoisotopic (exact) mass is 513 g/mol. The molecular formula is C30H21Cl2NOS. The normalized spacial score (nSPS) is 18.5. The number of nitrogens with zero attached hydrogens (tertiary/aromatic N) is 1. The van der Waals surface area contributed by atoms with Crippen LogP contribution in [0.2, 0.25) is 10.0 Å². The van der Waals surface area contributed by atoms with Crippen LogP contribution in [-0.2, 0) is 4.87 Å². The molecule has 0 aliphatic carbocycles. The molecule has 0 radical (unpaired) electrons. The Labute approximate surface area is 219 Å². The first-order valence-electron chi connectivity index (χ1n) is 11.2. The second-order valence-electron chi connectivity index (χ2n) is 8.19. The van der Waals surface area contributed by atoms with Crippen LogP contribution in [0.25, 0.3) is 6.08 Å². The molecule has 0 bridgehead atoms. The zero-order chi connectivity index (χ0) is 24.3. The highest BCUT2D eigenvalue weighted by atomic mass is 35.5. The van der Waals surface area contributed by atoms with E-state index in [9.17, 15) is 4.79 Å². The minimum absolute atomic E-state index is 0.00757. The lowest BCUT2D eigenvalue weighted by atomic mass is 9.97. The van der Waals surface area contributed by atoms with Gasteiger partial charge in [-0.05, 0) is 23.8 Å². The van der Waals surface area contributed by atoms with Crippen molar-refractivity contribution in [2.45, 2.75) is 11.3 Å². The number of carbonyl (C=O) groups is 1. The molecule has 5 heteroatoms. The number of Topliss-reactive ketones (excluding diaryl/α,β-unsaturated/α-hetero) is 1. The first-order chi connectivity index (χ1) is 17.1. The first kappa shape index (κ1) is 23.6. The molecule has 4 aromatic carbocycles. The van der Waals surface area contributed by atoms with Gasteiger partial charge in [-0.1, -0.05) is 132 Å². The fourth-order valence-electron chi connectivity index (χ4n) is 4.13. The van der Waals surface area contributed by atoms with Gasteiger partial charge in [-0.2, -0.15) is 0 Å². The topological polar surface area (TPSA) is 29.4 Å². The number of aliphatic imine (C=N–C) groups is 1. The van der Waals surface area contributed by atoms with E-state index in [1.54, 1.807) is 11.8 Å². The zero-order valence-corrected chi connectivity index (χ0v) is 21.0. The summed E-state index contributed by atoms with van der Waals surface area (Å²) in [5, 5.41) is 1.24. The molecule has 1 unspecified atom stereocenters. The number of hydrogen-bond acceptors (Lipinski definition) is 3. The van der Waals surface area contributed by atoms with Crippen molar-refractivity contribution < 1.29 is 4.79 Å². The molecule has 1 atom stereocenters. The molecule has 0 saturated heterocycles. The first-order valence-corrected chi connectivity index (χ1v) is 12.8. The van der Waals surface area contributed by atoms with Crippen LogP contribution >= 0.6 is 35.0 Å². The zero-order valence-electron chi connectivity index (χ0n) is 18.7. The van der Waals surface area contributed by atoms with Crippen LogP contribution in [0.3, 0.4) is 0 Å². The van der Waals surface area contributed by atoms with Gasteiger partial charge >= 0.3 is 0 Å². The van der Waals surface area contributed by atoms with Gasteiger partial charge in [0.15, 0.2) is 5.78 Å². The fraction of sp³-hybridized carbons (Fsp3) is 0.0667. The summed E-state index contributed by atoms with van der Waals surface area (Å²) in [6, 6.07) is 34.7. The van der Waals surface area contributed by atoms with Gasteiger partial charge in [0, 0.05) is 31.6 Å². The minimum atomic E-state index is -0.913. The van der Waals surface area contributed by atoms with Gasteiger partial charge in [0.25, 0.3) is 0 Å². The summed E-state index contributed by atoms with van der Waals surface area (Å²) >= 11 is 14.8. The maximum absolute atomic E-state index is 13.5. The lowest BCUT2D eigenvalue weighted by Gasteiger charge is -2.26. The van der Waals surface area contributed by atoms with Crippen molar-refractivity contribution in [3.05, 3.63) is 146 Å². The van der Waals surface area contributed by atoms with Crippen molar-refractivity contribution in [3.63, 3.8) is 0 Å². The summed E-state index contributed by atoms with van der Waals surface area (Å²) in [5.74, 6) is 0.00757. The number of ketones is 1. The van der Waals surface area contributed by atoms with Gasteiger partial charge in [-0.25, -0.2) is 0 Å². The molecule has 0 N–H and O–H groups in total. The van der Waals surface area contributed by atoms with Crippen LogP contribution in [0, 0.1) is 0 Å². The standard InChI is InChI=1S/C30H21Cl2NOS/c31-25-17-9-7-15-23(25)19-28-29(22-13-5-2-6-14-22)33-30(35-28,24-16-8-10-18-26(24)32)20-27(34)21-11-3-1-4-12-21/h1-19H,20H2/b28-19-. The van der Waals surface area contributed by atoms with Crippen LogP contribution < -0.4 is 0 Å². The largest absolute Gasteiger partial charge is 0.294 e. The van der Waals surface area contributed by atoms with Gasteiger partial charge in [0.05, 0.1) is 12.1 Å². The smallest absolute Gasteiger partial charge is 0.166 e. The summed E-state index contributed by atoms with van der Waals surface area (Å²) in [6.07, 6.45) is 2.21. The molecule has 0 spiro atoms. The van der Waals surface area contributed by atoms with Crippen LogP contribution in [0.15, 0.2) is 119 Å². The summed E-state index contributed by atoms with van der Waals surface area (Å²) in [4.78, 5) is 18.8. The second-order valence-corrected chi connectivity index (χ2v) is 10.3. The van der Waals surface area contributed by atoms with Crippen molar-refractivity contribution in [2.24, 2.45) is 4.99 Å². The molecule has 1 aliphatic rings. The number of carbonyl (C=O) groups excluding carboxylic acids is 1. The van der Waals surface area contributed by atoms with Crippen LogP contribution in [0.4, 0.5) is 0 Å². The van der Waals surface area contributed by atoms with Crippen molar-refractivity contribution in [1.82, 2.24) is 0 Å². The van der Waals surface area contributed by atoms with E-state index >= 15 is 0 Å². The quantitative estimate of drug-likeness (QED) is 0.241. The molecular weight excluding hydrogens is 493 g/mol. The molecule has 1 aliphatic heterocycles. The highest BCUT2D eigenvalue weighted by Gasteiger charge is 2.44. The van der Waals surface area contributed by atoms with Crippen molar-refractivity contribution in [1.29, 1.82) is 0 Å². The Kier molecular flexibility index (Phi) is 6.92. The van der Waals surface area contributed by atoms with E-state index < -0.39 is 4.87 Å². The van der Waals surface area contributed by atoms with E-state index in [0.717, 1.165) is 27.3 Å². The Morgan fingerprint density at radius 3 is 2.06 bits per heavy atom. The van der Waals surface area contributed by atoms with Gasteiger partial charge in [0.2, 0.25) is 0 Å². The van der Waals surface area contributed by atoms with Crippen molar-refractivity contribution in [3.8, 4) is 0 Å². The average Bonchev–Trinajstić information content (AvgIpc) is 3.25. The van der Waals surface area contributed by atoms with E-state index in [-0.39, 0.29) is 12.2 Å². The highest BCUT2D eigenvalue weighted by molar-refractivity contribution is 8.05. The Balaban J connectivity index is 1.69. The lowest BCUT2D eigenvalue weighted by molar-refractivity contribution is 0.0970. The summed E-state index contributed by atoms with van der Waals surface area (Å²) in [7, 11) is 0. The number of hydrogen-bond donors (Lipinski definition) is 0. The maximum Gasteiger partial charge on any atom is 0.166 e. The van der Waals surface area contributed by atoms with Crippen molar-refractivity contribution in [2.75, 3.05) is 0 Å². The number of halogens is 2. The second kappa shape index (κ2) is 10.2. The summed E-state index contributed by atoms with van der Waals surface area (Å²) < 4.78 is 0. The van der Waals surface area contributed by atoms with Gasteiger partial charge in [0.1, 0.15) is 4.87 Å². The predicted molar refractivity (Wildman–Crippen MR) is 149 cm³/mol. The third-order valence-corrected chi connectivity index (χ3v) is 7.83. The molecule has 0 aromatic heterocycles. The molecule has 2 nitrogen and oxygen atoms in total. The van der Waals surface area contributed by atoms with Gasteiger partial charge in [-0.15, -0.1) is 0 Å². The van der Waals surface area contributed by atoms with E-state index in [1.165, 1.54) is 0 Å². The minimum Gasteiger partial charge on any atom is -0.294 e. The van der Waals surface area contributed by atoms with Gasteiger partial charge in [-0.3, -0.25) is 9.79 Å². The van der Waals surface area contributed by atoms with Crippen LogP contribution in [-0.4, -0.2) is 11.5 Å². The Morgan fingerprint density at radius 1 is 0.771 bits per heavy atom. The molecule has 0 fully saturated rings. The van der Waals surface area contributed by atoms with E-state index in [0.29, 0.717) is 15.6 Å². The number of allylic oxidation sites excluding steroid dienone is 1. The molecule has 35 heavy (non-hydrogen) atoms. The third-order valence-electron chi connectivity index (χ3n) is 5.83. The maximum atomic E-state index is 13.5. The predicted octanol–water partition coefficient (Wildman–Crippen LogP) is 8.70. The van der Waals surface area contributed by atoms with Crippen molar-refractivity contribution >= 4 is 52.5 Å². The molecule has 4 aromatic rings. The summed E-state index contributed by atoms with van der Waals surface area (Å²) in [6.45, 7) is 0. The van der Waals surface area contributed by atoms with E-state index in [1.807, 2.05) is 115 Å². The average molecular weight is 514 g/mol. The van der Waals surface area contributed by atoms with Crippen LogP contribution in [0.5, 0.6) is 0 Å². The SMILES string of the molecule is O=C(CC1(c2ccccc2Cl)N=C(c2ccccc2)/C(=C/c2ccccc2Cl)S1)c1ccccc1. The van der Waals surface area contributed by atoms with E-state index in [4.69, 9.17) is 28.2 Å². The molecule has 1 heterocycles. The number of thioether (sulfide) groups is 1. The summed E-state index contributed by atoms with van der Waals surface area (Å²) in [5.41, 5.74) is 4.15. The highest BCUT2D eigenvalue weighted by Crippen LogP contribution is 2.54. The van der Waals surface area contributed by atoms with Gasteiger partial charge < -0.3 is 0 Å². The lowest BCUT2D eigenvalue weighted by Crippen LogP contribution is -2.22. The Bertz CT molecular complexity index is 1430. The van der Waals surface area contributed by atoms with E-state index in [2.05, 4.69) is 0 Å². The number of benzene rings is 4. The molecule has 0 amide bonds. The molecule has 0 saturated carbocycles. The number of rotatable bonds is 6. The van der Waals surface area contributed by atoms with Crippen LogP contribution in [0.1, 0.15) is 33.5 Å². The molecule has 172 valence electrons. The Hall–Kier alpha value is -3.11. The Morgan fingerprint density at radius 2 is 1.37 bits per heavy atom. The molecule has 5 rings (SSSR count). The fourth-order valence-corrected chi connectivity index (χ4v) is 6.11. The third kappa shape index (κ3) is 4.99.